The van der Waals surface area contributed by atoms with E-state index in [1.807, 2.05) is 0 Å². The van der Waals surface area contributed by atoms with E-state index in [0.29, 0.717) is 11.7 Å². The summed E-state index contributed by atoms with van der Waals surface area (Å²) in [5.74, 6) is 0.458. The van der Waals surface area contributed by atoms with Gasteiger partial charge in [-0.1, -0.05) is 5.16 Å². The molecule has 1 saturated heterocycles. The molecule has 2 rings (SSSR count). The van der Waals surface area contributed by atoms with E-state index < -0.39 is 5.91 Å². The number of nitrogens with zero attached hydrogens (tertiary/aromatic N) is 2. The highest BCUT2D eigenvalue weighted by molar-refractivity contribution is 5.75. The van der Waals surface area contributed by atoms with E-state index in [4.69, 9.17) is 10.3 Å². The number of amides is 1. The highest BCUT2D eigenvalue weighted by Gasteiger charge is 2.21. The van der Waals surface area contributed by atoms with Crippen molar-refractivity contribution in [2.75, 3.05) is 6.54 Å². The lowest BCUT2D eigenvalue weighted by Gasteiger charge is -2.01. The topological polar surface area (TPSA) is 94.0 Å². The minimum atomic E-state index is -0.459. The number of carbonyl (C=O) groups is 1. The summed E-state index contributed by atoms with van der Waals surface area (Å²) in [4.78, 5) is 14.7. The van der Waals surface area contributed by atoms with Crippen molar-refractivity contribution < 1.29 is 9.32 Å². The number of carbonyl (C=O) groups excluding carboxylic acids is 1. The van der Waals surface area contributed by atoms with Gasteiger partial charge in [0.15, 0.2) is 5.82 Å². The molecule has 1 aliphatic heterocycles. The molecular weight excluding hydrogens is 184 g/mol. The molecule has 6 heteroatoms. The van der Waals surface area contributed by atoms with Gasteiger partial charge in [-0.3, -0.25) is 4.79 Å². The van der Waals surface area contributed by atoms with Crippen LogP contribution in [0.25, 0.3) is 0 Å². The zero-order chi connectivity index (χ0) is 9.97. The first-order valence-electron chi connectivity index (χ1n) is 4.60. The molecule has 2 heterocycles. The van der Waals surface area contributed by atoms with Crippen molar-refractivity contribution in [1.82, 2.24) is 15.5 Å². The van der Waals surface area contributed by atoms with E-state index in [1.165, 1.54) is 0 Å². The predicted octanol–water partition coefficient (Wildman–Crippen LogP) is -0.478. The summed E-state index contributed by atoms with van der Waals surface area (Å²) >= 11 is 0. The molecular formula is C8H12N4O2. The van der Waals surface area contributed by atoms with E-state index in [0.717, 1.165) is 19.4 Å². The second-order valence-corrected chi connectivity index (χ2v) is 3.34. The number of nitrogens with two attached hydrogens (primary N) is 1. The third-order valence-electron chi connectivity index (χ3n) is 2.18. The Morgan fingerprint density at radius 3 is 3.21 bits per heavy atom. The minimum absolute atomic E-state index is 0.0136. The summed E-state index contributed by atoms with van der Waals surface area (Å²) < 4.78 is 4.89. The summed E-state index contributed by atoms with van der Waals surface area (Å²) in [6, 6.07) is 0.167. The Labute approximate surface area is 80.9 Å². The van der Waals surface area contributed by atoms with Crippen LogP contribution in [0, 0.1) is 0 Å². The van der Waals surface area contributed by atoms with Gasteiger partial charge in [-0.2, -0.15) is 4.98 Å². The van der Waals surface area contributed by atoms with E-state index >= 15 is 0 Å². The van der Waals surface area contributed by atoms with Gasteiger partial charge in [0.1, 0.15) is 6.42 Å². The van der Waals surface area contributed by atoms with Gasteiger partial charge in [-0.25, -0.2) is 0 Å². The largest absolute Gasteiger partial charge is 0.369 e. The fourth-order valence-electron chi connectivity index (χ4n) is 1.54. The Hall–Kier alpha value is -1.43. The lowest BCUT2D eigenvalue weighted by atomic mass is 10.2. The van der Waals surface area contributed by atoms with Gasteiger partial charge in [-0.05, 0) is 19.4 Å². The average Bonchev–Trinajstić information content (AvgIpc) is 2.69. The fraction of sp³-hybridized carbons (Fsp3) is 0.625. The molecule has 0 bridgehead atoms. The summed E-state index contributed by atoms with van der Waals surface area (Å²) in [6.45, 7) is 0.977. The Balaban J connectivity index is 2.05. The van der Waals surface area contributed by atoms with Gasteiger partial charge < -0.3 is 15.6 Å². The molecule has 6 nitrogen and oxygen atoms in total. The van der Waals surface area contributed by atoms with Crippen LogP contribution in [-0.2, 0) is 11.2 Å². The van der Waals surface area contributed by atoms with Crippen LogP contribution in [0.2, 0.25) is 0 Å². The maximum Gasteiger partial charge on any atom is 0.236 e. The molecule has 3 N–H and O–H groups in total. The first-order valence-corrected chi connectivity index (χ1v) is 4.60. The van der Waals surface area contributed by atoms with Crippen LogP contribution in [0.1, 0.15) is 30.6 Å². The van der Waals surface area contributed by atoms with Gasteiger partial charge in [0, 0.05) is 0 Å². The quantitative estimate of drug-likeness (QED) is 0.681. The third kappa shape index (κ3) is 1.90. The van der Waals surface area contributed by atoms with E-state index in [1.54, 1.807) is 0 Å². The molecule has 0 radical (unpaired) electrons. The van der Waals surface area contributed by atoms with Crippen molar-refractivity contribution in [1.29, 1.82) is 0 Å². The Kier molecular flexibility index (Phi) is 2.45. The smallest absolute Gasteiger partial charge is 0.236 e. The number of hydrogen-bond donors (Lipinski definition) is 2. The van der Waals surface area contributed by atoms with E-state index in [2.05, 4.69) is 15.5 Å². The summed E-state index contributed by atoms with van der Waals surface area (Å²) in [7, 11) is 0. The fourth-order valence-corrected chi connectivity index (χ4v) is 1.54. The standard InChI is InChI=1S/C8H12N4O2/c9-6(13)4-7-11-8(12-14-7)5-2-1-3-10-5/h5,10H,1-4H2,(H2,9,13). The molecule has 0 saturated carbocycles. The zero-order valence-electron chi connectivity index (χ0n) is 7.69. The molecule has 1 amide bonds. The molecule has 1 fully saturated rings. The van der Waals surface area contributed by atoms with Crippen LogP contribution in [0.3, 0.4) is 0 Å². The number of rotatable bonds is 3. The van der Waals surface area contributed by atoms with E-state index in [-0.39, 0.29) is 12.5 Å². The highest BCUT2D eigenvalue weighted by Crippen LogP contribution is 2.19. The van der Waals surface area contributed by atoms with Gasteiger partial charge in [0.2, 0.25) is 11.8 Å². The second kappa shape index (κ2) is 3.75. The minimum Gasteiger partial charge on any atom is -0.369 e. The highest BCUT2D eigenvalue weighted by atomic mass is 16.5. The molecule has 1 unspecified atom stereocenters. The van der Waals surface area contributed by atoms with Gasteiger partial charge in [-0.15, -0.1) is 0 Å². The normalized spacial score (nSPS) is 21.3. The van der Waals surface area contributed by atoms with Gasteiger partial charge >= 0.3 is 0 Å². The van der Waals surface area contributed by atoms with E-state index in [9.17, 15) is 4.79 Å². The second-order valence-electron chi connectivity index (χ2n) is 3.34. The van der Waals surface area contributed by atoms with Crippen LogP contribution < -0.4 is 11.1 Å². The van der Waals surface area contributed by atoms with Crippen molar-refractivity contribution in [3.63, 3.8) is 0 Å². The molecule has 0 aliphatic carbocycles. The van der Waals surface area contributed by atoms with Crippen molar-refractivity contribution in [3.05, 3.63) is 11.7 Å². The molecule has 1 aliphatic rings. The van der Waals surface area contributed by atoms with Crippen LogP contribution in [0.4, 0.5) is 0 Å². The summed E-state index contributed by atoms with van der Waals surface area (Å²) in [5.41, 5.74) is 5.00. The maximum atomic E-state index is 10.6. The maximum absolute atomic E-state index is 10.6. The Morgan fingerprint density at radius 2 is 2.57 bits per heavy atom. The lowest BCUT2D eigenvalue weighted by Crippen LogP contribution is -2.15. The monoisotopic (exact) mass is 196 g/mol. The van der Waals surface area contributed by atoms with Gasteiger partial charge in [0.05, 0.1) is 6.04 Å². The molecule has 1 aromatic rings. The molecule has 1 aromatic heterocycles. The van der Waals surface area contributed by atoms with Gasteiger partial charge in [0.25, 0.3) is 0 Å². The Morgan fingerprint density at radius 1 is 1.71 bits per heavy atom. The number of nitrogens with one attached hydrogen (secondary N) is 1. The predicted molar refractivity (Wildman–Crippen MR) is 47.2 cm³/mol. The van der Waals surface area contributed by atoms with Crippen LogP contribution >= 0.6 is 0 Å². The van der Waals surface area contributed by atoms with Crippen LogP contribution in [-0.4, -0.2) is 22.6 Å². The number of aromatic nitrogens is 2. The Bertz CT molecular complexity index is 330. The molecule has 0 spiro atoms. The first kappa shape index (κ1) is 9.14. The lowest BCUT2D eigenvalue weighted by molar-refractivity contribution is -0.117. The number of hydrogen-bond acceptors (Lipinski definition) is 5. The SMILES string of the molecule is NC(=O)Cc1nc(C2CCCN2)no1. The molecule has 76 valence electrons. The molecule has 0 aromatic carbocycles. The van der Waals surface area contributed by atoms with Crippen molar-refractivity contribution in [3.8, 4) is 0 Å². The summed E-state index contributed by atoms with van der Waals surface area (Å²) in [5, 5.41) is 7.03. The van der Waals surface area contributed by atoms with Crippen LogP contribution in [0.15, 0.2) is 4.52 Å². The van der Waals surface area contributed by atoms with Crippen LogP contribution in [0.5, 0.6) is 0 Å². The number of primary amides is 1. The molecule has 1 atom stereocenters. The average molecular weight is 196 g/mol. The van der Waals surface area contributed by atoms with Crippen molar-refractivity contribution in [2.45, 2.75) is 25.3 Å². The molecule has 14 heavy (non-hydrogen) atoms. The van der Waals surface area contributed by atoms with Crippen molar-refractivity contribution in [2.24, 2.45) is 5.73 Å². The van der Waals surface area contributed by atoms with Crippen molar-refractivity contribution >= 4 is 5.91 Å². The summed E-state index contributed by atoms with van der Waals surface area (Å²) in [6.07, 6.45) is 2.14. The zero-order valence-corrected chi connectivity index (χ0v) is 7.69. The first-order chi connectivity index (χ1) is 6.75. The third-order valence-corrected chi connectivity index (χ3v) is 2.18.